The number of hydrogen-bond acceptors (Lipinski definition) is 3. The van der Waals surface area contributed by atoms with E-state index in [9.17, 15) is 0 Å². The van der Waals surface area contributed by atoms with Gasteiger partial charge < -0.3 is 5.11 Å². The van der Waals surface area contributed by atoms with Crippen LogP contribution in [0.2, 0.25) is 0 Å². The Morgan fingerprint density at radius 1 is 2.00 bits per heavy atom. The van der Waals surface area contributed by atoms with Crippen LogP contribution < -0.4 is 0 Å². The van der Waals surface area contributed by atoms with E-state index in [0.29, 0.717) is 0 Å². The molecule has 0 aliphatic rings. The molecule has 0 aromatic carbocycles. The van der Waals surface area contributed by atoms with Gasteiger partial charge in [-0.2, -0.15) is 4.37 Å². The molecule has 3 heteroatoms. The molecule has 0 aliphatic carbocycles. The molecule has 0 fully saturated rings. The first-order valence-corrected chi connectivity index (χ1v) is 2.63. The van der Waals surface area contributed by atoms with Crippen LogP contribution in [0, 0.1) is 6.20 Å². The van der Waals surface area contributed by atoms with E-state index < -0.39 is 0 Å². The van der Waals surface area contributed by atoms with Gasteiger partial charge in [-0.15, -0.1) is 0 Å². The van der Waals surface area contributed by atoms with Gasteiger partial charge in [0.05, 0.1) is 11.5 Å². The summed E-state index contributed by atoms with van der Waals surface area (Å²) >= 11 is 1.27. The normalized spacial score (nSPS) is 9.29. The van der Waals surface area contributed by atoms with Crippen molar-refractivity contribution in [3.05, 3.63) is 17.1 Å². The zero-order chi connectivity index (χ0) is 5.11. The van der Waals surface area contributed by atoms with Crippen molar-refractivity contribution in [1.82, 2.24) is 4.37 Å². The van der Waals surface area contributed by atoms with Crippen LogP contribution in [-0.2, 0) is 6.61 Å². The molecule has 37 valence electrons. The average Bonchev–Trinajstić information content (AvgIpc) is 2.14. The molecule has 1 radical (unpaired) electrons. The van der Waals surface area contributed by atoms with Crippen LogP contribution in [0.25, 0.3) is 0 Å². The quantitative estimate of drug-likeness (QED) is 0.574. The van der Waals surface area contributed by atoms with Crippen molar-refractivity contribution in [3.63, 3.8) is 0 Å². The SMILES string of the molecule is OCc1c[c]ns1. The minimum atomic E-state index is 0.0845. The molecule has 2 nitrogen and oxygen atoms in total. The molecule has 0 saturated heterocycles. The van der Waals surface area contributed by atoms with Crippen molar-refractivity contribution in [2.75, 3.05) is 0 Å². The van der Waals surface area contributed by atoms with E-state index in [1.807, 2.05) is 0 Å². The standard InChI is InChI=1S/C4H4NOS/c6-3-4-1-2-5-7-4/h1,6H,3H2. The highest BCUT2D eigenvalue weighted by Gasteiger charge is 1.86. The molecule has 7 heavy (non-hydrogen) atoms. The van der Waals surface area contributed by atoms with Gasteiger partial charge in [-0.1, -0.05) is 0 Å². The van der Waals surface area contributed by atoms with E-state index in [2.05, 4.69) is 10.6 Å². The van der Waals surface area contributed by atoms with Gasteiger partial charge in [-0.3, -0.25) is 0 Å². The second kappa shape index (κ2) is 2.04. The predicted octanol–water partition coefficient (Wildman–Crippen LogP) is 0.436. The van der Waals surface area contributed by atoms with Crippen molar-refractivity contribution < 1.29 is 5.11 Å². The molecule has 1 aromatic heterocycles. The lowest BCUT2D eigenvalue weighted by atomic mass is 10.5. The Balaban J connectivity index is 2.76. The summed E-state index contributed by atoms with van der Waals surface area (Å²) < 4.78 is 3.65. The third-order valence-electron chi connectivity index (χ3n) is 0.597. The van der Waals surface area contributed by atoms with Crippen molar-refractivity contribution in [1.29, 1.82) is 0 Å². The lowest BCUT2D eigenvalue weighted by Crippen LogP contribution is -1.69. The molecule has 1 rings (SSSR count). The van der Waals surface area contributed by atoms with Crippen LogP contribution in [0.5, 0.6) is 0 Å². The van der Waals surface area contributed by atoms with Crippen molar-refractivity contribution in [2.45, 2.75) is 6.61 Å². The Hall–Kier alpha value is -0.410. The summed E-state index contributed by atoms with van der Waals surface area (Å²) in [7, 11) is 0. The van der Waals surface area contributed by atoms with Crippen LogP contribution in [0.1, 0.15) is 4.88 Å². The summed E-state index contributed by atoms with van der Waals surface area (Å²) in [6.07, 6.45) is 2.59. The van der Waals surface area contributed by atoms with Gasteiger partial charge in [0.2, 0.25) is 0 Å². The molecular formula is C4H4NOS. The van der Waals surface area contributed by atoms with Crippen LogP contribution >= 0.6 is 11.5 Å². The highest BCUT2D eigenvalue weighted by molar-refractivity contribution is 7.05. The van der Waals surface area contributed by atoms with Gasteiger partial charge in [0, 0.05) is 0 Å². The molecule has 0 unspecified atom stereocenters. The summed E-state index contributed by atoms with van der Waals surface area (Å²) in [6.45, 7) is 0.0845. The second-order valence-electron chi connectivity index (χ2n) is 1.08. The van der Waals surface area contributed by atoms with E-state index in [-0.39, 0.29) is 6.61 Å². The Morgan fingerprint density at radius 2 is 2.86 bits per heavy atom. The van der Waals surface area contributed by atoms with Gasteiger partial charge in [-0.25, -0.2) is 0 Å². The molecule has 0 aliphatic heterocycles. The summed E-state index contributed by atoms with van der Waals surface area (Å²) in [6, 6.07) is 1.67. The lowest BCUT2D eigenvalue weighted by molar-refractivity contribution is 0.285. The fourth-order valence-electron chi connectivity index (χ4n) is 0.284. The second-order valence-corrected chi connectivity index (χ2v) is 1.97. The Kier molecular flexibility index (Phi) is 1.38. The maximum Gasteiger partial charge on any atom is 0.104 e. The molecule has 0 spiro atoms. The van der Waals surface area contributed by atoms with Gasteiger partial charge in [-0.05, 0) is 17.6 Å². The third kappa shape index (κ3) is 0.976. The van der Waals surface area contributed by atoms with Crippen LogP contribution in [-0.4, -0.2) is 9.48 Å². The van der Waals surface area contributed by atoms with Gasteiger partial charge in [0.1, 0.15) is 6.20 Å². The summed E-state index contributed by atoms with van der Waals surface area (Å²) in [5.74, 6) is 0. The van der Waals surface area contributed by atoms with Crippen molar-refractivity contribution in [3.8, 4) is 0 Å². The maximum absolute atomic E-state index is 8.38. The highest BCUT2D eigenvalue weighted by Crippen LogP contribution is 2.01. The molecule has 1 heterocycles. The van der Waals surface area contributed by atoms with E-state index in [1.54, 1.807) is 6.07 Å². The molecule has 0 atom stereocenters. The first-order chi connectivity index (χ1) is 3.43. The number of rotatable bonds is 1. The van der Waals surface area contributed by atoms with E-state index in [0.717, 1.165) is 4.88 Å². The highest BCUT2D eigenvalue weighted by atomic mass is 32.1. The maximum atomic E-state index is 8.38. The number of aliphatic hydroxyl groups excluding tert-OH is 1. The molecule has 0 saturated carbocycles. The van der Waals surface area contributed by atoms with Crippen molar-refractivity contribution >= 4 is 11.5 Å². The third-order valence-corrected chi connectivity index (χ3v) is 1.28. The van der Waals surface area contributed by atoms with E-state index >= 15 is 0 Å². The summed E-state index contributed by atoms with van der Waals surface area (Å²) in [5.41, 5.74) is 0. The van der Waals surface area contributed by atoms with Crippen LogP contribution in [0.15, 0.2) is 6.07 Å². The average molecular weight is 114 g/mol. The van der Waals surface area contributed by atoms with Crippen molar-refractivity contribution in [2.24, 2.45) is 0 Å². The summed E-state index contributed by atoms with van der Waals surface area (Å²) in [5, 5.41) is 8.38. The molecule has 0 amide bonds. The van der Waals surface area contributed by atoms with Gasteiger partial charge in [0.25, 0.3) is 0 Å². The fourth-order valence-corrected chi connectivity index (χ4v) is 0.670. The van der Waals surface area contributed by atoms with Gasteiger partial charge >= 0.3 is 0 Å². The number of hydrogen-bond donors (Lipinski definition) is 1. The van der Waals surface area contributed by atoms with Gasteiger partial charge in [0.15, 0.2) is 0 Å². The number of aromatic nitrogens is 1. The molecule has 1 N–H and O–H groups in total. The number of aliphatic hydroxyl groups is 1. The summed E-state index contributed by atoms with van der Waals surface area (Å²) in [4.78, 5) is 0.861. The fraction of sp³-hybridized carbons (Fsp3) is 0.250. The first-order valence-electron chi connectivity index (χ1n) is 1.86. The van der Waals surface area contributed by atoms with Crippen LogP contribution in [0.3, 0.4) is 0 Å². The predicted molar refractivity (Wildman–Crippen MR) is 26.9 cm³/mol. The van der Waals surface area contributed by atoms with E-state index in [1.165, 1.54) is 11.5 Å². The monoisotopic (exact) mass is 114 g/mol. The Bertz CT molecular complexity index is 126. The molecular weight excluding hydrogens is 110 g/mol. The largest absolute Gasteiger partial charge is 0.391 e. The topological polar surface area (TPSA) is 33.1 Å². The molecule has 0 bridgehead atoms. The zero-order valence-electron chi connectivity index (χ0n) is 3.59. The molecule has 1 aromatic rings. The van der Waals surface area contributed by atoms with E-state index in [4.69, 9.17) is 5.11 Å². The Morgan fingerprint density at radius 3 is 3.14 bits per heavy atom. The van der Waals surface area contributed by atoms with Crippen LogP contribution in [0.4, 0.5) is 0 Å². The minimum Gasteiger partial charge on any atom is -0.391 e. The zero-order valence-corrected chi connectivity index (χ0v) is 4.40. The first kappa shape index (κ1) is 4.74. The smallest absolute Gasteiger partial charge is 0.104 e. The Labute approximate surface area is 45.6 Å². The minimum absolute atomic E-state index is 0.0845. The lowest BCUT2D eigenvalue weighted by Gasteiger charge is -1.76. The number of nitrogens with zero attached hydrogens (tertiary/aromatic N) is 1.